The van der Waals surface area contributed by atoms with Gasteiger partial charge in [0.2, 0.25) is 5.91 Å². The van der Waals surface area contributed by atoms with Gasteiger partial charge in [-0.05, 0) is 51.1 Å². The van der Waals surface area contributed by atoms with E-state index in [0.29, 0.717) is 40.1 Å². The van der Waals surface area contributed by atoms with Crippen LogP contribution in [0.4, 0.5) is 11.4 Å². The number of nitrogens with one attached hydrogen (secondary N) is 2. The van der Waals surface area contributed by atoms with Crippen molar-refractivity contribution in [1.82, 2.24) is 20.1 Å². The lowest BCUT2D eigenvalue weighted by atomic mass is 10.2. The van der Waals surface area contributed by atoms with E-state index in [1.165, 1.54) is 17.8 Å². The lowest BCUT2D eigenvalue weighted by molar-refractivity contribution is -0.385. The number of hydrogen-bond donors (Lipinski definition) is 2. The summed E-state index contributed by atoms with van der Waals surface area (Å²) in [6, 6.07) is 10.9. The number of methoxy groups -OCH3 is 1. The van der Waals surface area contributed by atoms with Gasteiger partial charge >= 0.3 is 0 Å². The Morgan fingerprint density at radius 1 is 1.20 bits per heavy atom. The van der Waals surface area contributed by atoms with Crippen LogP contribution < -0.4 is 15.4 Å². The van der Waals surface area contributed by atoms with Gasteiger partial charge in [0.25, 0.3) is 11.6 Å². The first kappa shape index (κ1) is 25.7. The molecule has 1 atom stereocenters. The first-order valence-corrected chi connectivity index (χ1v) is 11.8. The Balaban J connectivity index is 1.62. The van der Waals surface area contributed by atoms with E-state index < -0.39 is 11.0 Å². The van der Waals surface area contributed by atoms with E-state index in [1.54, 1.807) is 50.4 Å². The summed E-state index contributed by atoms with van der Waals surface area (Å²) < 4.78 is 6.94. The first-order chi connectivity index (χ1) is 16.7. The van der Waals surface area contributed by atoms with Gasteiger partial charge in [0.15, 0.2) is 11.0 Å². The van der Waals surface area contributed by atoms with Gasteiger partial charge in [0.1, 0.15) is 5.75 Å². The summed E-state index contributed by atoms with van der Waals surface area (Å²) in [5.41, 5.74) is 1.29. The molecular weight excluding hydrogens is 472 g/mol. The lowest BCUT2D eigenvalue weighted by Gasteiger charge is -2.15. The van der Waals surface area contributed by atoms with E-state index in [0.717, 1.165) is 0 Å². The fourth-order valence-electron chi connectivity index (χ4n) is 3.32. The van der Waals surface area contributed by atoms with Crippen molar-refractivity contribution in [3.05, 3.63) is 69.5 Å². The number of ether oxygens (including phenoxy) is 1. The number of nitro groups is 1. The Labute approximate surface area is 206 Å². The number of amides is 2. The van der Waals surface area contributed by atoms with Crippen molar-refractivity contribution >= 4 is 35.0 Å². The van der Waals surface area contributed by atoms with E-state index in [2.05, 4.69) is 20.8 Å². The van der Waals surface area contributed by atoms with Crippen molar-refractivity contribution in [2.24, 2.45) is 0 Å². The molecule has 3 aromatic rings. The highest BCUT2D eigenvalue weighted by Gasteiger charge is 2.20. The fraction of sp³-hybridized carbons (Fsp3) is 0.304. The third-order valence-corrected chi connectivity index (χ3v) is 6.14. The first-order valence-electron chi connectivity index (χ1n) is 10.8. The highest BCUT2D eigenvalue weighted by molar-refractivity contribution is 7.99. The minimum absolute atomic E-state index is 0.0341. The van der Waals surface area contributed by atoms with Crippen molar-refractivity contribution in [2.75, 3.05) is 18.2 Å². The maximum absolute atomic E-state index is 12.6. The van der Waals surface area contributed by atoms with Gasteiger partial charge in [-0.15, -0.1) is 10.2 Å². The Morgan fingerprint density at radius 2 is 1.91 bits per heavy atom. The fourth-order valence-corrected chi connectivity index (χ4v) is 4.13. The van der Waals surface area contributed by atoms with Crippen LogP contribution >= 0.6 is 11.8 Å². The molecule has 184 valence electrons. The zero-order valence-electron chi connectivity index (χ0n) is 19.8. The Morgan fingerprint density at radius 3 is 2.54 bits per heavy atom. The number of nitro benzene ring substituents is 1. The molecule has 3 rings (SSSR count). The molecule has 2 aromatic carbocycles. The van der Waals surface area contributed by atoms with Crippen molar-refractivity contribution in [2.45, 2.75) is 38.5 Å². The molecular formula is C23H26N6O5S. The van der Waals surface area contributed by atoms with Crippen LogP contribution in [0.3, 0.4) is 0 Å². The van der Waals surface area contributed by atoms with Crippen LogP contribution in [0.1, 0.15) is 41.6 Å². The average molecular weight is 499 g/mol. The summed E-state index contributed by atoms with van der Waals surface area (Å²) in [7, 11) is 1.56. The number of rotatable bonds is 10. The third-order valence-electron chi connectivity index (χ3n) is 5.17. The van der Waals surface area contributed by atoms with Gasteiger partial charge in [-0.3, -0.25) is 19.7 Å². The minimum atomic E-state index is -0.487. The maximum atomic E-state index is 12.6. The van der Waals surface area contributed by atoms with Crippen molar-refractivity contribution in [1.29, 1.82) is 0 Å². The molecule has 11 nitrogen and oxygen atoms in total. The number of thioether (sulfide) groups is 1. The molecule has 0 saturated carbocycles. The van der Waals surface area contributed by atoms with Crippen molar-refractivity contribution < 1.29 is 19.2 Å². The van der Waals surface area contributed by atoms with Gasteiger partial charge in [0.05, 0.1) is 23.8 Å². The summed E-state index contributed by atoms with van der Waals surface area (Å²) in [6.45, 7) is 5.90. The number of benzene rings is 2. The molecule has 0 saturated heterocycles. The number of aromatic nitrogens is 3. The van der Waals surface area contributed by atoms with Gasteiger partial charge in [0, 0.05) is 29.4 Å². The second-order valence-electron chi connectivity index (χ2n) is 7.60. The predicted molar refractivity (Wildman–Crippen MR) is 132 cm³/mol. The highest BCUT2D eigenvalue weighted by Crippen LogP contribution is 2.24. The van der Waals surface area contributed by atoms with E-state index in [4.69, 9.17) is 4.74 Å². The van der Waals surface area contributed by atoms with Gasteiger partial charge in [-0.25, -0.2) is 0 Å². The van der Waals surface area contributed by atoms with Crippen molar-refractivity contribution in [3.63, 3.8) is 0 Å². The monoisotopic (exact) mass is 498 g/mol. The topological polar surface area (TPSA) is 141 Å². The summed E-state index contributed by atoms with van der Waals surface area (Å²) in [5, 5.41) is 25.6. The molecule has 2 amide bonds. The SMILES string of the molecule is CCn1c(SCC(=O)Nc2ccc(C)c([N+](=O)[O-])c2)nnc1[C@@H](C)NC(=O)c1ccc(OC)cc1. The molecule has 0 bridgehead atoms. The van der Waals surface area contributed by atoms with Gasteiger partial charge in [-0.1, -0.05) is 17.8 Å². The standard InChI is InChI=1S/C23H26N6O5S/c1-5-28-21(15(3)24-22(31)16-7-10-18(34-4)11-8-16)26-27-23(28)35-13-20(30)25-17-9-6-14(2)19(12-17)29(32)33/h6-12,15H,5,13H2,1-4H3,(H,24,31)(H,25,30)/t15-/m1/s1. The molecule has 35 heavy (non-hydrogen) atoms. The Kier molecular flexibility index (Phi) is 8.42. The molecule has 0 aliphatic rings. The summed E-state index contributed by atoms with van der Waals surface area (Å²) >= 11 is 1.19. The van der Waals surface area contributed by atoms with Crippen molar-refractivity contribution in [3.8, 4) is 5.75 Å². The van der Waals surface area contributed by atoms with Crippen LogP contribution in [0.25, 0.3) is 0 Å². The van der Waals surface area contributed by atoms with Crippen LogP contribution in [-0.2, 0) is 11.3 Å². The molecule has 0 aliphatic carbocycles. The summed E-state index contributed by atoms with van der Waals surface area (Å²) in [4.78, 5) is 35.6. The summed E-state index contributed by atoms with van der Waals surface area (Å²) in [6.07, 6.45) is 0. The van der Waals surface area contributed by atoms with Gasteiger partial charge in [-0.2, -0.15) is 0 Å². The summed E-state index contributed by atoms with van der Waals surface area (Å²) in [5.74, 6) is 0.665. The smallest absolute Gasteiger partial charge is 0.274 e. The Hall–Kier alpha value is -3.93. The van der Waals surface area contributed by atoms with Gasteiger partial charge < -0.3 is 19.9 Å². The average Bonchev–Trinajstić information content (AvgIpc) is 3.27. The molecule has 2 N–H and O–H groups in total. The Bertz CT molecular complexity index is 1230. The second kappa shape index (κ2) is 11.5. The molecule has 0 radical (unpaired) electrons. The number of carbonyl (C=O) groups is 2. The molecule has 12 heteroatoms. The molecule has 1 heterocycles. The largest absolute Gasteiger partial charge is 0.497 e. The second-order valence-corrected chi connectivity index (χ2v) is 8.55. The molecule has 0 aliphatic heterocycles. The number of carbonyl (C=O) groups excluding carboxylic acids is 2. The number of nitrogens with zero attached hydrogens (tertiary/aromatic N) is 4. The molecule has 0 spiro atoms. The zero-order chi connectivity index (χ0) is 25.5. The number of aryl methyl sites for hydroxylation is 1. The normalized spacial score (nSPS) is 11.5. The van der Waals surface area contributed by atoms with Crippen LogP contribution in [0, 0.1) is 17.0 Å². The van der Waals surface area contributed by atoms with Crippen LogP contribution in [-0.4, -0.2) is 44.4 Å². The number of anilines is 1. The molecule has 0 fully saturated rings. The lowest BCUT2D eigenvalue weighted by Crippen LogP contribution is -2.28. The van der Waals surface area contributed by atoms with E-state index >= 15 is 0 Å². The highest BCUT2D eigenvalue weighted by atomic mass is 32.2. The van der Waals surface area contributed by atoms with E-state index in [9.17, 15) is 19.7 Å². The predicted octanol–water partition coefficient (Wildman–Crippen LogP) is 3.75. The van der Waals surface area contributed by atoms with Crippen LogP contribution in [0.5, 0.6) is 5.75 Å². The van der Waals surface area contributed by atoms with E-state index in [1.807, 2.05) is 18.4 Å². The molecule has 0 unspecified atom stereocenters. The molecule has 1 aromatic heterocycles. The zero-order valence-corrected chi connectivity index (χ0v) is 20.6. The van der Waals surface area contributed by atoms with Crippen LogP contribution in [0.2, 0.25) is 0 Å². The maximum Gasteiger partial charge on any atom is 0.274 e. The van der Waals surface area contributed by atoms with E-state index in [-0.39, 0.29) is 23.3 Å². The minimum Gasteiger partial charge on any atom is -0.497 e. The third kappa shape index (κ3) is 6.35. The number of hydrogen-bond acceptors (Lipinski definition) is 8. The van der Waals surface area contributed by atoms with Crippen LogP contribution in [0.15, 0.2) is 47.6 Å². The quantitative estimate of drug-likeness (QED) is 0.245.